The molecule has 1 atom stereocenters. The second kappa shape index (κ2) is 6.13. The van der Waals surface area contributed by atoms with Crippen LogP contribution < -0.4 is 5.32 Å². The van der Waals surface area contributed by atoms with Crippen molar-refractivity contribution in [2.75, 3.05) is 26.8 Å². The van der Waals surface area contributed by atoms with Gasteiger partial charge < -0.3 is 10.1 Å². The Balaban J connectivity index is 2.17. The van der Waals surface area contributed by atoms with Crippen molar-refractivity contribution in [3.8, 4) is 0 Å². The molecular formula is C14H19BrFNO. The van der Waals surface area contributed by atoms with Gasteiger partial charge in [-0.15, -0.1) is 0 Å². The fraction of sp³-hybridized carbons (Fsp3) is 0.571. The number of ether oxygens (including phenoxy) is 1. The molecule has 4 heteroatoms. The lowest BCUT2D eigenvalue weighted by atomic mass is 9.77. The van der Waals surface area contributed by atoms with E-state index in [1.165, 1.54) is 6.07 Å². The highest BCUT2D eigenvalue weighted by atomic mass is 79.9. The molecule has 2 rings (SSSR count). The van der Waals surface area contributed by atoms with Crippen molar-refractivity contribution in [1.29, 1.82) is 0 Å². The van der Waals surface area contributed by atoms with Crippen molar-refractivity contribution in [2.45, 2.75) is 19.3 Å². The smallest absolute Gasteiger partial charge is 0.124 e. The molecule has 18 heavy (non-hydrogen) atoms. The summed E-state index contributed by atoms with van der Waals surface area (Å²) in [6, 6.07) is 5.11. The maximum atomic E-state index is 13.4. The SMILES string of the molecule is CNCC1(Cc2cc(F)cc(Br)c2)CCCOC1. The molecule has 1 heterocycles. The minimum absolute atomic E-state index is 0.0975. The number of rotatable bonds is 4. The molecule has 1 aromatic carbocycles. The summed E-state index contributed by atoms with van der Waals surface area (Å²) in [5.74, 6) is -0.185. The number of hydrogen-bond donors (Lipinski definition) is 1. The third kappa shape index (κ3) is 3.53. The summed E-state index contributed by atoms with van der Waals surface area (Å²) in [5, 5.41) is 3.24. The Labute approximate surface area is 116 Å². The molecule has 1 unspecified atom stereocenters. The average Bonchev–Trinajstić information content (AvgIpc) is 2.28. The van der Waals surface area contributed by atoms with E-state index in [0.29, 0.717) is 0 Å². The molecule has 1 fully saturated rings. The monoisotopic (exact) mass is 315 g/mol. The molecule has 1 aliphatic heterocycles. The first-order valence-electron chi connectivity index (χ1n) is 6.31. The second-order valence-electron chi connectivity index (χ2n) is 5.14. The van der Waals surface area contributed by atoms with Gasteiger partial charge >= 0.3 is 0 Å². The van der Waals surface area contributed by atoms with Gasteiger partial charge in [0.2, 0.25) is 0 Å². The molecule has 1 aliphatic rings. The normalized spacial score (nSPS) is 24.2. The summed E-state index contributed by atoms with van der Waals surface area (Å²) in [6.45, 7) is 2.50. The zero-order valence-electron chi connectivity index (χ0n) is 10.6. The largest absolute Gasteiger partial charge is 0.381 e. The van der Waals surface area contributed by atoms with Gasteiger partial charge in [-0.1, -0.05) is 15.9 Å². The fourth-order valence-electron chi connectivity index (χ4n) is 2.77. The van der Waals surface area contributed by atoms with Crippen LogP contribution in [0.15, 0.2) is 22.7 Å². The van der Waals surface area contributed by atoms with Crippen molar-refractivity contribution < 1.29 is 9.13 Å². The lowest BCUT2D eigenvalue weighted by Crippen LogP contribution is -2.41. The molecule has 0 aromatic heterocycles. The number of halogens is 2. The Morgan fingerprint density at radius 2 is 2.28 bits per heavy atom. The molecule has 100 valence electrons. The maximum absolute atomic E-state index is 13.4. The van der Waals surface area contributed by atoms with E-state index < -0.39 is 0 Å². The molecule has 0 saturated carbocycles. The van der Waals surface area contributed by atoms with Gasteiger partial charge in [0.25, 0.3) is 0 Å². The summed E-state index contributed by atoms with van der Waals surface area (Å²) in [6.07, 6.45) is 3.06. The maximum Gasteiger partial charge on any atom is 0.124 e. The summed E-state index contributed by atoms with van der Waals surface area (Å²) in [7, 11) is 1.96. The van der Waals surface area contributed by atoms with Crippen LogP contribution in [-0.4, -0.2) is 26.8 Å². The van der Waals surface area contributed by atoms with Gasteiger partial charge in [-0.25, -0.2) is 4.39 Å². The zero-order chi connectivity index (χ0) is 13.0. The summed E-state index contributed by atoms with van der Waals surface area (Å²) < 4.78 is 19.8. The molecule has 0 radical (unpaired) electrons. The first-order valence-corrected chi connectivity index (χ1v) is 7.10. The highest BCUT2D eigenvalue weighted by molar-refractivity contribution is 9.10. The predicted molar refractivity (Wildman–Crippen MR) is 74.2 cm³/mol. The van der Waals surface area contributed by atoms with Crippen LogP contribution in [0.5, 0.6) is 0 Å². The highest BCUT2D eigenvalue weighted by Gasteiger charge is 2.32. The van der Waals surface area contributed by atoms with E-state index in [-0.39, 0.29) is 11.2 Å². The van der Waals surface area contributed by atoms with Gasteiger partial charge in [-0.05, 0) is 50.1 Å². The van der Waals surface area contributed by atoms with Gasteiger partial charge in [0, 0.05) is 23.0 Å². The van der Waals surface area contributed by atoms with Crippen molar-refractivity contribution in [3.05, 3.63) is 34.1 Å². The molecule has 1 aromatic rings. The summed E-state index contributed by atoms with van der Waals surface area (Å²) in [5.41, 5.74) is 1.13. The van der Waals surface area contributed by atoms with Gasteiger partial charge in [-0.2, -0.15) is 0 Å². The molecule has 0 spiro atoms. The summed E-state index contributed by atoms with van der Waals surface area (Å²) in [4.78, 5) is 0. The minimum Gasteiger partial charge on any atom is -0.381 e. The number of benzene rings is 1. The highest BCUT2D eigenvalue weighted by Crippen LogP contribution is 2.32. The Bertz CT molecular complexity index is 379. The molecule has 1 N–H and O–H groups in total. The number of nitrogens with one attached hydrogen (secondary N) is 1. The first kappa shape index (κ1) is 14.0. The van der Waals surface area contributed by atoms with Crippen LogP contribution in [0.3, 0.4) is 0 Å². The Morgan fingerprint density at radius 1 is 1.44 bits per heavy atom. The summed E-state index contributed by atoms with van der Waals surface area (Å²) >= 11 is 3.35. The molecular weight excluding hydrogens is 297 g/mol. The van der Waals surface area contributed by atoms with E-state index >= 15 is 0 Å². The average molecular weight is 316 g/mol. The third-order valence-electron chi connectivity index (χ3n) is 3.46. The van der Waals surface area contributed by atoms with Crippen LogP contribution in [0.25, 0.3) is 0 Å². The van der Waals surface area contributed by atoms with E-state index in [9.17, 15) is 4.39 Å². The lowest BCUT2D eigenvalue weighted by Gasteiger charge is -2.37. The van der Waals surface area contributed by atoms with Crippen molar-refractivity contribution >= 4 is 15.9 Å². The van der Waals surface area contributed by atoms with E-state index in [1.807, 2.05) is 13.1 Å². The van der Waals surface area contributed by atoms with E-state index in [0.717, 1.165) is 49.1 Å². The van der Waals surface area contributed by atoms with Crippen LogP contribution in [0, 0.1) is 11.2 Å². The lowest BCUT2D eigenvalue weighted by molar-refractivity contribution is -0.00627. The van der Waals surface area contributed by atoms with Gasteiger partial charge in [0.1, 0.15) is 5.82 Å². The topological polar surface area (TPSA) is 21.3 Å². The molecule has 0 bridgehead atoms. The van der Waals surface area contributed by atoms with Crippen LogP contribution in [0.2, 0.25) is 0 Å². The Hall–Kier alpha value is -0.450. The van der Waals surface area contributed by atoms with Crippen molar-refractivity contribution in [3.63, 3.8) is 0 Å². The first-order chi connectivity index (χ1) is 8.63. The Kier molecular flexibility index (Phi) is 4.76. The number of hydrogen-bond acceptors (Lipinski definition) is 2. The van der Waals surface area contributed by atoms with Crippen LogP contribution >= 0.6 is 15.9 Å². The second-order valence-corrected chi connectivity index (χ2v) is 6.06. The molecule has 0 amide bonds. The minimum atomic E-state index is -0.185. The molecule has 0 aliphatic carbocycles. The van der Waals surface area contributed by atoms with Crippen molar-refractivity contribution in [1.82, 2.24) is 5.32 Å². The Morgan fingerprint density at radius 3 is 2.89 bits per heavy atom. The van der Waals surface area contributed by atoms with Gasteiger partial charge in [0.05, 0.1) is 6.61 Å². The molecule has 1 saturated heterocycles. The van der Waals surface area contributed by atoms with E-state index in [2.05, 4.69) is 21.2 Å². The fourth-order valence-corrected chi connectivity index (χ4v) is 3.29. The third-order valence-corrected chi connectivity index (χ3v) is 3.92. The predicted octanol–water partition coefficient (Wildman–Crippen LogP) is 3.15. The van der Waals surface area contributed by atoms with Crippen LogP contribution in [0.1, 0.15) is 18.4 Å². The van der Waals surface area contributed by atoms with Crippen LogP contribution in [0.4, 0.5) is 4.39 Å². The van der Waals surface area contributed by atoms with Gasteiger partial charge in [-0.3, -0.25) is 0 Å². The quantitative estimate of drug-likeness (QED) is 0.921. The van der Waals surface area contributed by atoms with E-state index in [4.69, 9.17) is 4.74 Å². The van der Waals surface area contributed by atoms with Crippen molar-refractivity contribution in [2.24, 2.45) is 5.41 Å². The zero-order valence-corrected chi connectivity index (χ0v) is 12.2. The van der Waals surface area contributed by atoms with Crippen LogP contribution in [-0.2, 0) is 11.2 Å². The van der Waals surface area contributed by atoms with Gasteiger partial charge in [0.15, 0.2) is 0 Å². The standard InChI is InChI=1S/C14H19BrFNO/c1-17-9-14(3-2-4-18-10-14)8-11-5-12(15)7-13(16)6-11/h5-7,17H,2-4,8-10H2,1H3. The molecule has 2 nitrogen and oxygen atoms in total. The van der Waals surface area contributed by atoms with E-state index in [1.54, 1.807) is 6.07 Å².